The molecule has 2 nitrogen and oxygen atoms in total. The summed E-state index contributed by atoms with van der Waals surface area (Å²) in [6, 6.07) is 7.11. The predicted molar refractivity (Wildman–Crippen MR) is 72.0 cm³/mol. The monoisotopic (exact) mass is 280 g/mol. The standard InChI is InChI=1S/C13H17BrN2/c14-10-5-6-12-13(7-10)15-8-9-3-1-2-4-11(9)16-12/h5-7,9,11,15-16H,1-4,8H2. The van der Waals surface area contributed by atoms with Gasteiger partial charge in [0, 0.05) is 17.1 Å². The second-order valence-electron chi connectivity index (χ2n) is 4.87. The number of hydrogen-bond acceptors (Lipinski definition) is 2. The lowest BCUT2D eigenvalue weighted by Crippen LogP contribution is -2.34. The molecule has 0 amide bonds. The van der Waals surface area contributed by atoms with Crippen LogP contribution < -0.4 is 10.6 Å². The molecule has 1 aromatic rings. The minimum Gasteiger partial charge on any atom is -0.383 e. The first-order chi connectivity index (χ1) is 7.83. The van der Waals surface area contributed by atoms with Crippen LogP contribution in [-0.2, 0) is 0 Å². The highest BCUT2D eigenvalue weighted by Gasteiger charge is 2.27. The molecule has 3 heteroatoms. The first kappa shape index (κ1) is 10.5. The van der Waals surface area contributed by atoms with Crippen LogP contribution in [0.4, 0.5) is 11.4 Å². The summed E-state index contributed by atoms with van der Waals surface area (Å²) in [5.74, 6) is 0.792. The van der Waals surface area contributed by atoms with Gasteiger partial charge in [0.15, 0.2) is 0 Å². The van der Waals surface area contributed by atoms with Crippen molar-refractivity contribution in [3.8, 4) is 0 Å². The van der Waals surface area contributed by atoms with Crippen LogP contribution in [-0.4, -0.2) is 12.6 Å². The molecule has 2 N–H and O–H groups in total. The van der Waals surface area contributed by atoms with Crippen molar-refractivity contribution in [3.05, 3.63) is 22.7 Å². The average molecular weight is 281 g/mol. The molecule has 0 spiro atoms. The molecule has 0 saturated heterocycles. The molecule has 1 aliphatic carbocycles. The van der Waals surface area contributed by atoms with Gasteiger partial charge in [-0.25, -0.2) is 0 Å². The van der Waals surface area contributed by atoms with E-state index in [-0.39, 0.29) is 0 Å². The SMILES string of the molecule is Brc1ccc2c(c1)NCC1CCCCC1N2. The van der Waals surface area contributed by atoms with Gasteiger partial charge in [-0.05, 0) is 37.0 Å². The van der Waals surface area contributed by atoms with Crippen molar-refractivity contribution in [2.75, 3.05) is 17.2 Å². The minimum atomic E-state index is 0.670. The third-order valence-corrected chi connectivity index (χ3v) is 4.28. The van der Waals surface area contributed by atoms with Gasteiger partial charge >= 0.3 is 0 Å². The molecule has 2 atom stereocenters. The van der Waals surface area contributed by atoms with Crippen LogP contribution in [0.1, 0.15) is 25.7 Å². The molecular formula is C13H17BrN2. The van der Waals surface area contributed by atoms with Gasteiger partial charge in [-0.1, -0.05) is 28.8 Å². The van der Waals surface area contributed by atoms with Gasteiger partial charge in [-0.15, -0.1) is 0 Å². The van der Waals surface area contributed by atoms with Crippen LogP contribution in [0.3, 0.4) is 0 Å². The fraction of sp³-hybridized carbons (Fsp3) is 0.538. The van der Waals surface area contributed by atoms with E-state index in [4.69, 9.17) is 0 Å². The van der Waals surface area contributed by atoms with Crippen LogP contribution in [0.2, 0.25) is 0 Å². The van der Waals surface area contributed by atoms with Crippen LogP contribution in [0.25, 0.3) is 0 Å². The zero-order chi connectivity index (χ0) is 11.0. The Hall–Kier alpha value is -0.700. The smallest absolute Gasteiger partial charge is 0.0587 e. The molecule has 16 heavy (non-hydrogen) atoms. The van der Waals surface area contributed by atoms with E-state index in [9.17, 15) is 0 Å². The third kappa shape index (κ3) is 1.93. The van der Waals surface area contributed by atoms with E-state index in [0.717, 1.165) is 16.9 Å². The van der Waals surface area contributed by atoms with Gasteiger partial charge in [-0.3, -0.25) is 0 Å². The lowest BCUT2D eigenvalue weighted by Gasteiger charge is -2.30. The Morgan fingerprint density at radius 2 is 2.00 bits per heavy atom. The molecule has 86 valence electrons. The van der Waals surface area contributed by atoms with E-state index in [1.54, 1.807) is 0 Å². The third-order valence-electron chi connectivity index (χ3n) is 3.79. The molecule has 1 saturated carbocycles. The maximum atomic E-state index is 3.71. The molecule has 0 aromatic heterocycles. The summed E-state index contributed by atoms with van der Waals surface area (Å²) in [6.45, 7) is 1.11. The highest BCUT2D eigenvalue weighted by Crippen LogP contribution is 2.35. The molecule has 1 aliphatic heterocycles. The highest BCUT2D eigenvalue weighted by atomic mass is 79.9. The highest BCUT2D eigenvalue weighted by molar-refractivity contribution is 9.10. The summed E-state index contributed by atoms with van der Waals surface area (Å²) in [5.41, 5.74) is 2.50. The molecule has 3 rings (SSSR count). The number of halogens is 1. The molecule has 2 unspecified atom stereocenters. The molecule has 1 aromatic carbocycles. The number of fused-ring (bicyclic) bond motifs is 2. The molecule has 0 bridgehead atoms. The molecular weight excluding hydrogens is 264 g/mol. The van der Waals surface area contributed by atoms with E-state index in [0.29, 0.717) is 6.04 Å². The van der Waals surface area contributed by atoms with Crippen molar-refractivity contribution in [1.82, 2.24) is 0 Å². The van der Waals surface area contributed by atoms with Crippen molar-refractivity contribution in [1.29, 1.82) is 0 Å². The van der Waals surface area contributed by atoms with Crippen molar-refractivity contribution < 1.29 is 0 Å². The lowest BCUT2D eigenvalue weighted by atomic mass is 9.84. The van der Waals surface area contributed by atoms with Gasteiger partial charge in [-0.2, -0.15) is 0 Å². The first-order valence-corrected chi connectivity index (χ1v) is 6.92. The molecule has 1 fully saturated rings. The summed E-state index contributed by atoms with van der Waals surface area (Å²) in [5, 5.41) is 7.28. The Balaban J connectivity index is 1.89. The maximum Gasteiger partial charge on any atom is 0.0587 e. The Bertz CT molecular complexity index is 392. The Morgan fingerprint density at radius 3 is 2.94 bits per heavy atom. The van der Waals surface area contributed by atoms with Crippen LogP contribution in [0.5, 0.6) is 0 Å². The second kappa shape index (κ2) is 4.28. The van der Waals surface area contributed by atoms with Gasteiger partial charge in [0.25, 0.3) is 0 Å². The van der Waals surface area contributed by atoms with E-state index in [1.807, 2.05) is 0 Å². The van der Waals surface area contributed by atoms with Crippen molar-refractivity contribution in [3.63, 3.8) is 0 Å². The average Bonchev–Trinajstić information content (AvgIpc) is 2.48. The predicted octanol–water partition coefficient (Wildman–Crippen LogP) is 3.85. The quantitative estimate of drug-likeness (QED) is 0.755. The van der Waals surface area contributed by atoms with Gasteiger partial charge in [0.05, 0.1) is 11.4 Å². The van der Waals surface area contributed by atoms with E-state index in [1.165, 1.54) is 37.1 Å². The van der Waals surface area contributed by atoms with E-state index < -0.39 is 0 Å². The van der Waals surface area contributed by atoms with Crippen LogP contribution in [0, 0.1) is 5.92 Å². The fourth-order valence-corrected chi connectivity index (χ4v) is 3.23. The largest absolute Gasteiger partial charge is 0.383 e. The molecule has 2 aliphatic rings. The number of nitrogens with one attached hydrogen (secondary N) is 2. The van der Waals surface area contributed by atoms with Crippen molar-refractivity contribution >= 4 is 27.3 Å². The number of hydrogen-bond donors (Lipinski definition) is 2. The Labute approximate surface area is 105 Å². The number of benzene rings is 1. The van der Waals surface area contributed by atoms with E-state index >= 15 is 0 Å². The fourth-order valence-electron chi connectivity index (χ4n) is 2.87. The van der Waals surface area contributed by atoms with Gasteiger partial charge < -0.3 is 10.6 Å². The summed E-state index contributed by atoms with van der Waals surface area (Å²) in [6.07, 6.45) is 5.45. The summed E-state index contributed by atoms with van der Waals surface area (Å²) >= 11 is 3.52. The Morgan fingerprint density at radius 1 is 1.12 bits per heavy atom. The first-order valence-electron chi connectivity index (χ1n) is 6.13. The Kier molecular flexibility index (Phi) is 2.80. The maximum absolute atomic E-state index is 3.71. The van der Waals surface area contributed by atoms with Crippen molar-refractivity contribution in [2.45, 2.75) is 31.7 Å². The topological polar surface area (TPSA) is 24.1 Å². The zero-order valence-electron chi connectivity index (χ0n) is 9.30. The zero-order valence-corrected chi connectivity index (χ0v) is 10.9. The van der Waals surface area contributed by atoms with Crippen molar-refractivity contribution in [2.24, 2.45) is 5.92 Å². The minimum absolute atomic E-state index is 0.670. The normalized spacial score (nSPS) is 28.1. The molecule has 0 radical (unpaired) electrons. The lowest BCUT2D eigenvalue weighted by molar-refractivity contribution is 0.342. The second-order valence-corrected chi connectivity index (χ2v) is 5.78. The summed E-state index contributed by atoms with van der Waals surface area (Å²) < 4.78 is 1.14. The number of rotatable bonds is 0. The van der Waals surface area contributed by atoms with Crippen LogP contribution >= 0.6 is 15.9 Å². The van der Waals surface area contributed by atoms with Gasteiger partial charge in [0.1, 0.15) is 0 Å². The molecule has 1 heterocycles. The van der Waals surface area contributed by atoms with E-state index in [2.05, 4.69) is 44.8 Å². The van der Waals surface area contributed by atoms with Crippen LogP contribution in [0.15, 0.2) is 22.7 Å². The summed E-state index contributed by atoms with van der Waals surface area (Å²) in [4.78, 5) is 0. The number of anilines is 2. The van der Waals surface area contributed by atoms with Gasteiger partial charge in [0.2, 0.25) is 0 Å². The summed E-state index contributed by atoms with van der Waals surface area (Å²) in [7, 11) is 0.